The number of carbonyl (C=O) groups is 1. The maximum Gasteiger partial charge on any atom is 0.261 e. The normalized spacial score (nSPS) is 11.0. The predicted octanol–water partition coefficient (Wildman–Crippen LogP) is 1.96. The van der Waals surface area contributed by atoms with Crippen LogP contribution in [0.3, 0.4) is 0 Å². The lowest BCUT2D eigenvalue weighted by Gasteiger charge is -2.03. The zero-order valence-corrected chi connectivity index (χ0v) is 11.6. The van der Waals surface area contributed by atoms with Crippen molar-refractivity contribution >= 4 is 12.0 Å². The highest BCUT2D eigenvalue weighted by Crippen LogP contribution is 2.25. The van der Waals surface area contributed by atoms with Gasteiger partial charge < -0.3 is 19.9 Å². The molecule has 3 N–H and O–H groups in total. The number of hydrogen-bond donors (Lipinski definition) is 3. The largest absolute Gasteiger partial charge is 0.504 e. The van der Waals surface area contributed by atoms with Crippen LogP contribution in [0.15, 0.2) is 46.6 Å². The molecule has 22 heavy (non-hydrogen) atoms. The number of phenolic OH excluding ortho intramolecular Hbond substituents is 2. The average Bonchev–Trinajstić information content (AvgIpc) is 3.01. The van der Waals surface area contributed by atoms with Gasteiger partial charge >= 0.3 is 0 Å². The predicted molar refractivity (Wildman–Crippen MR) is 78.8 cm³/mol. The van der Waals surface area contributed by atoms with Gasteiger partial charge in [-0.15, -0.1) is 0 Å². The van der Waals surface area contributed by atoms with E-state index in [0.29, 0.717) is 18.5 Å². The molecule has 0 atom stereocenters. The lowest BCUT2D eigenvalue weighted by atomic mass is 10.1. The molecule has 0 spiro atoms. The molecule has 112 valence electrons. The van der Waals surface area contributed by atoms with E-state index >= 15 is 0 Å². The Hall–Kier alpha value is -3.20. The Morgan fingerprint density at radius 3 is 2.77 bits per heavy atom. The minimum absolute atomic E-state index is 0.0930. The zero-order valence-electron chi connectivity index (χ0n) is 11.6. The molecule has 6 nitrogen and oxygen atoms in total. The van der Waals surface area contributed by atoms with E-state index in [-0.39, 0.29) is 17.1 Å². The molecular formula is C16H14N2O4. The highest BCUT2D eigenvalue weighted by molar-refractivity contribution is 6.01. The smallest absolute Gasteiger partial charge is 0.261 e. The third-order valence-corrected chi connectivity index (χ3v) is 2.91. The molecule has 0 bridgehead atoms. The summed E-state index contributed by atoms with van der Waals surface area (Å²) in [6.07, 6.45) is 3.41. The molecule has 0 radical (unpaired) electrons. The van der Waals surface area contributed by atoms with Crippen molar-refractivity contribution in [3.63, 3.8) is 0 Å². The standard InChI is InChI=1S/C16H14N2O4/c17-10-12(8-11-3-4-14(19)15(20)9-11)16(21)18-6-5-13-2-1-7-22-13/h1-4,7-9,19-20H,5-6H2,(H,18,21)/b12-8+. The lowest BCUT2D eigenvalue weighted by Crippen LogP contribution is -2.26. The number of phenols is 2. The van der Waals surface area contributed by atoms with Crippen LogP contribution in [0, 0.1) is 11.3 Å². The summed E-state index contributed by atoms with van der Waals surface area (Å²) in [7, 11) is 0. The van der Waals surface area contributed by atoms with Crippen LogP contribution in [0.25, 0.3) is 6.08 Å². The molecule has 0 aliphatic rings. The summed E-state index contributed by atoms with van der Waals surface area (Å²) in [6, 6.07) is 9.40. The van der Waals surface area contributed by atoms with Crippen LogP contribution in [0.4, 0.5) is 0 Å². The third-order valence-electron chi connectivity index (χ3n) is 2.91. The number of nitrogens with one attached hydrogen (secondary N) is 1. The fraction of sp³-hybridized carbons (Fsp3) is 0.125. The van der Waals surface area contributed by atoms with Crippen molar-refractivity contribution < 1.29 is 19.4 Å². The first-order valence-electron chi connectivity index (χ1n) is 6.54. The molecule has 0 aliphatic heterocycles. The van der Waals surface area contributed by atoms with E-state index in [2.05, 4.69) is 5.32 Å². The van der Waals surface area contributed by atoms with E-state index in [1.165, 1.54) is 24.3 Å². The number of benzene rings is 1. The number of nitrogens with zero attached hydrogens (tertiary/aromatic N) is 1. The maximum atomic E-state index is 11.9. The summed E-state index contributed by atoms with van der Waals surface area (Å²) in [5, 5.41) is 30.3. The van der Waals surface area contributed by atoms with Gasteiger partial charge in [-0.25, -0.2) is 0 Å². The molecule has 0 saturated heterocycles. The molecule has 1 heterocycles. The van der Waals surface area contributed by atoms with Gasteiger partial charge in [0.15, 0.2) is 11.5 Å². The Kier molecular flexibility index (Phi) is 4.83. The molecule has 1 aromatic heterocycles. The van der Waals surface area contributed by atoms with Gasteiger partial charge in [-0.05, 0) is 35.9 Å². The molecule has 2 rings (SSSR count). The Balaban J connectivity index is 2.00. The molecule has 1 aromatic carbocycles. The zero-order chi connectivity index (χ0) is 15.9. The second-order valence-corrected chi connectivity index (χ2v) is 4.50. The van der Waals surface area contributed by atoms with Crippen LogP contribution in [-0.4, -0.2) is 22.7 Å². The van der Waals surface area contributed by atoms with Gasteiger partial charge in [-0.3, -0.25) is 4.79 Å². The van der Waals surface area contributed by atoms with Gasteiger partial charge in [-0.2, -0.15) is 5.26 Å². The van der Waals surface area contributed by atoms with Gasteiger partial charge in [0, 0.05) is 13.0 Å². The Labute approximate surface area is 126 Å². The number of rotatable bonds is 5. The number of nitriles is 1. The van der Waals surface area contributed by atoms with E-state index in [0.717, 1.165) is 5.76 Å². The van der Waals surface area contributed by atoms with Gasteiger partial charge in [0.05, 0.1) is 6.26 Å². The number of amides is 1. The monoisotopic (exact) mass is 298 g/mol. The molecule has 0 aliphatic carbocycles. The van der Waals surface area contributed by atoms with Crippen molar-refractivity contribution in [1.82, 2.24) is 5.32 Å². The van der Waals surface area contributed by atoms with Gasteiger partial charge in [0.25, 0.3) is 5.91 Å². The first-order chi connectivity index (χ1) is 10.6. The summed E-state index contributed by atoms with van der Waals surface area (Å²) >= 11 is 0. The van der Waals surface area contributed by atoms with Crippen molar-refractivity contribution in [2.75, 3.05) is 6.54 Å². The van der Waals surface area contributed by atoms with Crippen LogP contribution in [0.5, 0.6) is 11.5 Å². The molecule has 6 heteroatoms. The van der Waals surface area contributed by atoms with Crippen LogP contribution >= 0.6 is 0 Å². The van der Waals surface area contributed by atoms with E-state index in [1.807, 2.05) is 6.07 Å². The molecule has 2 aromatic rings. The topological polar surface area (TPSA) is 106 Å². The van der Waals surface area contributed by atoms with Crippen molar-refractivity contribution in [2.45, 2.75) is 6.42 Å². The van der Waals surface area contributed by atoms with Gasteiger partial charge in [0.1, 0.15) is 17.4 Å². The maximum absolute atomic E-state index is 11.9. The van der Waals surface area contributed by atoms with Crippen LogP contribution in [0.1, 0.15) is 11.3 Å². The second-order valence-electron chi connectivity index (χ2n) is 4.50. The van der Waals surface area contributed by atoms with Crippen LogP contribution < -0.4 is 5.32 Å². The Bertz CT molecular complexity index is 727. The van der Waals surface area contributed by atoms with Crippen LogP contribution in [-0.2, 0) is 11.2 Å². The first-order valence-corrected chi connectivity index (χ1v) is 6.54. The highest BCUT2D eigenvalue weighted by atomic mass is 16.3. The number of hydrogen-bond acceptors (Lipinski definition) is 5. The second kappa shape index (κ2) is 6.99. The number of furan rings is 1. The van der Waals surface area contributed by atoms with Gasteiger partial charge in [0.2, 0.25) is 0 Å². The minimum atomic E-state index is -0.512. The van der Waals surface area contributed by atoms with E-state index < -0.39 is 5.91 Å². The summed E-state index contributed by atoms with van der Waals surface area (Å²) in [6.45, 7) is 0.339. The number of aromatic hydroxyl groups is 2. The van der Waals surface area contributed by atoms with E-state index in [1.54, 1.807) is 18.4 Å². The Morgan fingerprint density at radius 1 is 1.32 bits per heavy atom. The molecule has 1 amide bonds. The van der Waals surface area contributed by atoms with Crippen LogP contribution in [0.2, 0.25) is 0 Å². The quantitative estimate of drug-likeness (QED) is 0.444. The third kappa shape index (κ3) is 3.90. The summed E-state index contributed by atoms with van der Waals surface area (Å²) in [4.78, 5) is 11.9. The fourth-order valence-electron chi connectivity index (χ4n) is 1.79. The van der Waals surface area contributed by atoms with E-state index in [9.17, 15) is 15.0 Å². The van der Waals surface area contributed by atoms with Crippen molar-refractivity contribution in [2.24, 2.45) is 0 Å². The summed E-state index contributed by atoms with van der Waals surface area (Å²) < 4.78 is 5.14. The molecular weight excluding hydrogens is 284 g/mol. The van der Waals surface area contributed by atoms with Gasteiger partial charge in [-0.1, -0.05) is 6.07 Å². The summed E-state index contributed by atoms with van der Waals surface area (Å²) in [5.41, 5.74) is 0.345. The first kappa shape index (κ1) is 15.2. The highest BCUT2D eigenvalue weighted by Gasteiger charge is 2.09. The van der Waals surface area contributed by atoms with Crippen molar-refractivity contribution in [3.8, 4) is 17.6 Å². The fourth-order valence-corrected chi connectivity index (χ4v) is 1.79. The Morgan fingerprint density at radius 2 is 2.14 bits per heavy atom. The number of carbonyl (C=O) groups excluding carboxylic acids is 1. The molecule has 0 saturated carbocycles. The van der Waals surface area contributed by atoms with Crippen molar-refractivity contribution in [3.05, 3.63) is 53.5 Å². The molecule has 0 fully saturated rings. The minimum Gasteiger partial charge on any atom is -0.504 e. The molecule has 0 unspecified atom stereocenters. The lowest BCUT2D eigenvalue weighted by molar-refractivity contribution is -0.117. The van der Waals surface area contributed by atoms with E-state index in [4.69, 9.17) is 9.68 Å². The average molecular weight is 298 g/mol. The summed E-state index contributed by atoms with van der Waals surface area (Å²) in [5.74, 6) is -0.351. The van der Waals surface area contributed by atoms with Crippen molar-refractivity contribution in [1.29, 1.82) is 5.26 Å². The SMILES string of the molecule is N#C/C(=C\c1ccc(O)c(O)c1)C(=O)NCCc1ccco1.